The first-order valence-corrected chi connectivity index (χ1v) is 7.44. The lowest BCUT2D eigenvalue weighted by Gasteiger charge is -2.21. The van der Waals surface area contributed by atoms with Gasteiger partial charge in [-0.3, -0.25) is 0 Å². The highest BCUT2D eigenvalue weighted by Crippen LogP contribution is 2.31. The molecule has 2 aromatic rings. The van der Waals surface area contributed by atoms with Crippen LogP contribution in [0.3, 0.4) is 0 Å². The van der Waals surface area contributed by atoms with E-state index in [9.17, 15) is 0 Å². The van der Waals surface area contributed by atoms with Crippen LogP contribution in [0.15, 0.2) is 40.9 Å². The van der Waals surface area contributed by atoms with Crippen LogP contribution in [0.2, 0.25) is 0 Å². The molecule has 0 saturated heterocycles. The highest BCUT2D eigenvalue weighted by molar-refractivity contribution is 9.10. The van der Waals surface area contributed by atoms with Crippen LogP contribution < -0.4 is 10.1 Å². The number of hydrogen-bond acceptors (Lipinski definition) is 2. The molecule has 0 aliphatic rings. The number of nitrogens with one attached hydrogen (secondary N) is 1. The Morgan fingerprint density at radius 3 is 2.45 bits per heavy atom. The number of ether oxygens (including phenoxy) is 1. The zero-order valence-electron chi connectivity index (χ0n) is 12.3. The standard InChI is InChI=1S/C17H20BrNO/c1-11-9-16(20-4)12(2)8-15(11)17(19-3)13-6-5-7-14(18)10-13/h5-10,17,19H,1-4H3. The third-order valence-electron chi connectivity index (χ3n) is 3.57. The lowest BCUT2D eigenvalue weighted by atomic mass is 9.93. The number of hydrogen-bond donors (Lipinski definition) is 1. The van der Waals surface area contributed by atoms with Gasteiger partial charge in [0.1, 0.15) is 5.75 Å². The van der Waals surface area contributed by atoms with Crippen LogP contribution in [0, 0.1) is 13.8 Å². The van der Waals surface area contributed by atoms with Crippen molar-refractivity contribution in [3.63, 3.8) is 0 Å². The molecule has 2 aromatic carbocycles. The molecular weight excluding hydrogens is 314 g/mol. The number of halogens is 1. The Labute approximate surface area is 129 Å². The molecule has 0 aliphatic heterocycles. The molecule has 3 heteroatoms. The van der Waals surface area contributed by atoms with E-state index >= 15 is 0 Å². The van der Waals surface area contributed by atoms with Crippen molar-refractivity contribution in [2.75, 3.05) is 14.2 Å². The van der Waals surface area contributed by atoms with Gasteiger partial charge in [-0.1, -0.05) is 34.1 Å². The molecule has 20 heavy (non-hydrogen) atoms. The van der Waals surface area contributed by atoms with E-state index in [1.807, 2.05) is 13.1 Å². The second-order valence-corrected chi connectivity index (χ2v) is 5.87. The van der Waals surface area contributed by atoms with Crippen molar-refractivity contribution >= 4 is 15.9 Å². The summed E-state index contributed by atoms with van der Waals surface area (Å²) in [5, 5.41) is 3.41. The Bertz CT molecular complexity index is 610. The molecule has 0 radical (unpaired) electrons. The maximum atomic E-state index is 5.39. The van der Waals surface area contributed by atoms with Crippen molar-refractivity contribution in [1.29, 1.82) is 0 Å². The summed E-state index contributed by atoms with van der Waals surface area (Å²) in [6, 6.07) is 12.9. The van der Waals surface area contributed by atoms with Gasteiger partial charge in [-0.2, -0.15) is 0 Å². The van der Waals surface area contributed by atoms with E-state index in [2.05, 4.69) is 65.4 Å². The minimum atomic E-state index is 0.178. The van der Waals surface area contributed by atoms with E-state index in [4.69, 9.17) is 4.74 Å². The minimum Gasteiger partial charge on any atom is -0.496 e. The fourth-order valence-corrected chi connectivity index (χ4v) is 2.95. The molecule has 1 N–H and O–H groups in total. The number of methoxy groups -OCH3 is 1. The molecule has 0 spiro atoms. The summed E-state index contributed by atoms with van der Waals surface area (Å²) in [6.45, 7) is 4.20. The maximum Gasteiger partial charge on any atom is 0.122 e. The molecule has 0 fully saturated rings. The summed E-state index contributed by atoms with van der Waals surface area (Å²) >= 11 is 3.54. The smallest absolute Gasteiger partial charge is 0.122 e. The lowest BCUT2D eigenvalue weighted by Crippen LogP contribution is -2.19. The molecule has 0 saturated carbocycles. The van der Waals surface area contributed by atoms with Crippen LogP contribution >= 0.6 is 15.9 Å². The van der Waals surface area contributed by atoms with Gasteiger partial charge in [0.2, 0.25) is 0 Å². The molecule has 0 amide bonds. The monoisotopic (exact) mass is 333 g/mol. The molecular formula is C17H20BrNO. The first-order chi connectivity index (χ1) is 9.56. The molecule has 2 rings (SSSR count). The molecule has 106 valence electrons. The van der Waals surface area contributed by atoms with Gasteiger partial charge in [-0.25, -0.2) is 0 Å². The topological polar surface area (TPSA) is 21.3 Å². The normalized spacial score (nSPS) is 12.2. The van der Waals surface area contributed by atoms with E-state index < -0.39 is 0 Å². The van der Waals surface area contributed by atoms with E-state index in [1.54, 1.807) is 7.11 Å². The van der Waals surface area contributed by atoms with Crippen molar-refractivity contribution in [1.82, 2.24) is 5.32 Å². The maximum absolute atomic E-state index is 5.39. The van der Waals surface area contributed by atoms with E-state index in [0.717, 1.165) is 15.8 Å². The summed E-state index contributed by atoms with van der Waals surface area (Å²) in [5.74, 6) is 0.940. The number of rotatable bonds is 4. The van der Waals surface area contributed by atoms with Crippen LogP contribution in [-0.2, 0) is 0 Å². The largest absolute Gasteiger partial charge is 0.496 e. The van der Waals surface area contributed by atoms with Gasteiger partial charge in [0.25, 0.3) is 0 Å². The van der Waals surface area contributed by atoms with Gasteiger partial charge < -0.3 is 10.1 Å². The third-order valence-corrected chi connectivity index (χ3v) is 4.06. The molecule has 1 atom stereocenters. The summed E-state index contributed by atoms with van der Waals surface area (Å²) in [7, 11) is 3.70. The zero-order chi connectivity index (χ0) is 14.7. The van der Waals surface area contributed by atoms with Crippen LogP contribution in [0.25, 0.3) is 0 Å². The Kier molecular flexibility index (Phi) is 4.84. The highest BCUT2D eigenvalue weighted by Gasteiger charge is 2.16. The second kappa shape index (κ2) is 6.42. The van der Waals surface area contributed by atoms with Crippen molar-refractivity contribution in [2.45, 2.75) is 19.9 Å². The van der Waals surface area contributed by atoms with Crippen LogP contribution in [-0.4, -0.2) is 14.2 Å². The first kappa shape index (κ1) is 15.1. The van der Waals surface area contributed by atoms with Gasteiger partial charge >= 0.3 is 0 Å². The number of benzene rings is 2. The summed E-state index contributed by atoms with van der Waals surface area (Å²) in [5.41, 5.74) is 4.91. The van der Waals surface area contributed by atoms with Crippen molar-refractivity contribution in [2.24, 2.45) is 0 Å². The SMILES string of the molecule is CNC(c1cccc(Br)c1)c1cc(C)c(OC)cc1C. The molecule has 0 bridgehead atoms. The average molecular weight is 334 g/mol. The Hall–Kier alpha value is -1.32. The third kappa shape index (κ3) is 3.05. The average Bonchev–Trinajstić information content (AvgIpc) is 2.43. The fraction of sp³-hybridized carbons (Fsp3) is 0.294. The van der Waals surface area contributed by atoms with Gasteiger partial charge in [0.15, 0.2) is 0 Å². The fourth-order valence-electron chi connectivity index (χ4n) is 2.53. The Morgan fingerprint density at radius 1 is 1.10 bits per heavy atom. The molecule has 0 aromatic heterocycles. The zero-order valence-corrected chi connectivity index (χ0v) is 13.9. The quantitative estimate of drug-likeness (QED) is 0.896. The van der Waals surface area contributed by atoms with Gasteiger partial charge in [0.05, 0.1) is 13.2 Å². The Balaban J connectivity index is 2.49. The molecule has 0 aliphatic carbocycles. The molecule has 0 heterocycles. The predicted octanol–water partition coefficient (Wildman–Crippen LogP) is 4.38. The summed E-state index contributed by atoms with van der Waals surface area (Å²) in [4.78, 5) is 0. The second-order valence-electron chi connectivity index (χ2n) is 4.96. The van der Waals surface area contributed by atoms with Gasteiger partial charge in [0, 0.05) is 4.47 Å². The van der Waals surface area contributed by atoms with E-state index in [1.165, 1.54) is 16.7 Å². The van der Waals surface area contributed by atoms with E-state index in [0.29, 0.717) is 0 Å². The van der Waals surface area contributed by atoms with Gasteiger partial charge in [-0.05, 0) is 61.3 Å². The van der Waals surface area contributed by atoms with Crippen LogP contribution in [0.5, 0.6) is 5.75 Å². The van der Waals surface area contributed by atoms with Crippen molar-refractivity contribution < 1.29 is 4.74 Å². The number of aryl methyl sites for hydroxylation is 2. The van der Waals surface area contributed by atoms with Crippen LogP contribution in [0.4, 0.5) is 0 Å². The van der Waals surface area contributed by atoms with Crippen LogP contribution in [0.1, 0.15) is 28.3 Å². The lowest BCUT2D eigenvalue weighted by molar-refractivity contribution is 0.411. The highest BCUT2D eigenvalue weighted by atomic mass is 79.9. The van der Waals surface area contributed by atoms with Crippen molar-refractivity contribution in [3.05, 3.63) is 63.1 Å². The summed E-state index contributed by atoms with van der Waals surface area (Å²) < 4.78 is 6.49. The predicted molar refractivity (Wildman–Crippen MR) is 87.5 cm³/mol. The summed E-state index contributed by atoms with van der Waals surface area (Å²) in [6.07, 6.45) is 0. The van der Waals surface area contributed by atoms with Gasteiger partial charge in [-0.15, -0.1) is 0 Å². The molecule has 2 nitrogen and oxygen atoms in total. The minimum absolute atomic E-state index is 0.178. The Morgan fingerprint density at radius 2 is 1.85 bits per heavy atom. The molecule has 1 unspecified atom stereocenters. The van der Waals surface area contributed by atoms with Crippen molar-refractivity contribution in [3.8, 4) is 5.75 Å². The van der Waals surface area contributed by atoms with E-state index in [-0.39, 0.29) is 6.04 Å². The first-order valence-electron chi connectivity index (χ1n) is 6.64.